The van der Waals surface area contributed by atoms with Gasteiger partial charge in [-0.2, -0.15) is 0 Å². The van der Waals surface area contributed by atoms with E-state index in [4.69, 9.17) is 4.98 Å². The van der Waals surface area contributed by atoms with Gasteiger partial charge in [0.1, 0.15) is 11.5 Å². The van der Waals surface area contributed by atoms with Crippen LogP contribution in [0.15, 0.2) is 36.8 Å². The number of hydrogen-bond acceptors (Lipinski definition) is 5. The van der Waals surface area contributed by atoms with Crippen molar-refractivity contribution in [2.24, 2.45) is 0 Å². The molecule has 25 heavy (non-hydrogen) atoms. The molecule has 128 valence electrons. The van der Waals surface area contributed by atoms with Gasteiger partial charge in [-0.1, -0.05) is 6.07 Å². The zero-order chi connectivity index (χ0) is 17.2. The number of hydrogen-bond donors (Lipinski definition) is 1. The molecule has 3 aromatic heterocycles. The number of imidazole rings is 1. The van der Waals surface area contributed by atoms with Crippen molar-refractivity contribution in [2.45, 2.75) is 32.7 Å². The topological polar surface area (TPSA) is 70.6 Å². The molecule has 0 saturated carbocycles. The van der Waals surface area contributed by atoms with Crippen LogP contribution in [-0.2, 0) is 6.54 Å². The Bertz CT molecular complexity index is 857. The molecular formula is C19H22N6. The standard InChI is InChI=1S/C19H22N6/c1-13-9-21-19(22-13)18-8-17(23-14(2)24-18)16-5-7-25(12-16)11-15-4-3-6-20-10-15/h3-4,6,8-10,16H,5,7,11-12H2,1-2H3,(H,21,22)/t16-/m1/s1. The minimum atomic E-state index is 0.438. The minimum absolute atomic E-state index is 0.438. The molecule has 1 atom stereocenters. The van der Waals surface area contributed by atoms with Crippen LogP contribution in [0.5, 0.6) is 0 Å². The fraction of sp³-hybridized carbons (Fsp3) is 0.368. The van der Waals surface area contributed by atoms with Gasteiger partial charge in [-0.25, -0.2) is 15.0 Å². The van der Waals surface area contributed by atoms with Gasteiger partial charge in [-0.05, 0) is 44.5 Å². The van der Waals surface area contributed by atoms with Crippen molar-refractivity contribution in [3.63, 3.8) is 0 Å². The number of aromatic amines is 1. The first kappa shape index (κ1) is 15.9. The summed E-state index contributed by atoms with van der Waals surface area (Å²) in [6, 6.07) is 6.21. The van der Waals surface area contributed by atoms with Crippen LogP contribution in [0.25, 0.3) is 11.5 Å². The second-order valence-corrected chi connectivity index (χ2v) is 6.72. The summed E-state index contributed by atoms with van der Waals surface area (Å²) in [5.74, 6) is 2.05. The van der Waals surface area contributed by atoms with Crippen molar-refractivity contribution < 1.29 is 0 Å². The third kappa shape index (κ3) is 3.58. The lowest BCUT2D eigenvalue weighted by atomic mass is 10.0. The van der Waals surface area contributed by atoms with E-state index in [0.717, 1.165) is 54.8 Å². The normalized spacial score (nSPS) is 17.9. The van der Waals surface area contributed by atoms with Gasteiger partial charge >= 0.3 is 0 Å². The molecule has 0 bridgehead atoms. The monoisotopic (exact) mass is 334 g/mol. The Morgan fingerprint density at radius 3 is 2.92 bits per heavy atom. The van der Waals surface area contributed by atoms with Crippen LogP contribution >= 0.6 is 0 Å². The zero-order valence-corrected chi connectivity index (χ0v) is 14.6. The molecule has 0 radical (unpaired) electrons. The van der Waals surface area contributed by atoms with Gasteiger partial charge in [0.05, 0.1) is 0 Å². The van der Waals surface area contributed by atoms with E-state index in [-0.39, 0.29) is 0 Å². The van der Waals surface area contributed by atoms with Crippen molar-refractivity contribution in [2.75, 3.05) is 13.1 Å². The molecule has 1 aliphatic rings. The summed E-state index contributed by atoms with van der Waals surface area (Å²) in [5, 5.41) is 0. The van der Waals surface area contributed by atoms with E-state index >= 15 is 0 Å². The first-order chi connectivity index (χ1) is 12.2. The summed E-state index contributed by atoms with van der Waals surface area (Å²) in [6.45, 7) is 6.99. The lowest BCUT2D eigenvalue weighted by molar-refractivity contribution is 0.326. The third-order valence-electron chi connectivity index (χ3n) is 4.62. The van der Waals surface area contributed by atoms with Crippen LogP contribution < -0.4 is 0 Å². The lowest BCUT2D eigenvalue weighted by Crippen LogP contribution is -2.20. The van der Waals surface area contributed by atoms with Crippen LogP contribution in [0.4, 0.5) is 0 Å². The van der Waals surface area contributed by atoms with Crippen LogP contribution in [-0.4, -0.2) is 42.9 Å². The molecule has 1 N–H and O–H groups in total. The smallest absolute Gasteiger partial charge is 0.156 e. The molecular weight excluding hydrogens is 312 g/mol. The van der Waals surface area contributed by atoms with Gasteiger partial charge in [0, 0.05) is 49.0 Å². The number of aryl methyl sites for hydroxylation is 2. The van der Waals surface area contributed by atoms with Crippen molar-refractivity contribution >= 4 is 0 Å². The lowest BCUT2D eigenvalue weighted by Gasteiger charge is -2.16. The van der Waals surface area contributed by atoms with Crippen LogP contribution in [0.1, 0.15) is 35.1 Å². The number of pyridine rings is 1. The summed E-state index contributed by atoms with van der Waals surface area (Å²) in [7, 11) is 0. The molecule has 0 spiro atoms. The SMILES string of the molecule is Cc1nc(-c2ncc(C)[nH]2)cc([C@@H]2CCN(Cc3cccnc3)C2)n1. The number of likely N-dealkylation sites (tertiary alicyclic amines) is 1. The fourth-order valence-corrected chi connectivity index (χ4v) is 3.43. The average Bonchev–Trinajstić information content (AvgIpc) is 3.24. The van der Waals surface area contributed by atoms with Gasteiger partial charge in [0.2, 0.25) is 0 Å². The summed E-state index contributed by atoms with van der Waals surface area (Å²) in [5.41, 5.74) is 4.29. The molecule has 0 unspecified atom stereocenters. The van der Waals surface area contributed by atoms with Gasteiger partial charge in [-0.3, -0.25) is 9.88 Å². The third-order valence-corrected chi connectivity index (χ3v) is 4.62. The number of H-pyrrole nitrogens is 1. The Hall–Kier alpha value is -2.60. The first-order valence-corrected chi connectivity index (χ1v) is 8.66. The van der Waals surface area contributed by atoms with E-state index < -0.39 is 0 Å². The highest BCUT2D eigenvalue weighted by Gasteiger charge is 2.26. The van der Waals surface area contributed by atoms with E-state index in [0.29, 0.717) is 5.92 Å². The molecule has 4 heterocycles. The predicted molar refractivity (Wildman–Crippen MR) is 96.0 cm³/mol. The quantitative estimate of drug-likeness (QED) is 0.794. The highest BCUT2D eigenvalue weighted by Crippen LogP contribution is 2.28. The van der Waals surface area contributed by atoms with E-state index in [9.17, 15) is 0 Å². The average molecular weight is 334 g/mol. The molecule has 0 aromatic carbocycles. The predicted octanol–water partition coefficient (Wildman–Crippen LogP) is 2.87. The van der Waals surface area contributed by atoms with Crippen molar-refractivity contribution in [3.05, 3.63) is 59.6 Å². The molecule has 4 rings (SSSR count). The van der Waals surface area contributed by atoms with Crippen LogP contribution in [0, 0.1) is 13.8 Å². The maximum absolute atomic E-state index is 4.70. The Labute approximate surface area is 147 Å². The van der Waals surface area contributed by atoms with E-state index in [1.165, 1.54) is 5.56 Å². The second-order valence-electron chi connectivity index (χ2n) is 6.72. The van der Waals surface area contributed by atoms with Crippen molar-refractivity contribution in [1.82, 2.24) is 29.8 Å². The maximum Gasteiger partial charge on any atom is 0.156 e. The number of aromatic nitrogens is 5. The summed E-state index contributed by atoms with van der Waals surface area (Å²) >= 11 is 0. The highest BCUT2D eigenvalue weighted by atomic mass is 15.1. The molecule has 0 aliphatic carbocycles. The molecule has 1 fully saturated rings. The van der Waals surface area contributed by atoms with Gasteiger partial charge in [0.15, 0.2) is 5.82 Å². The Kier molecular flexibility index (Phi) is 4.28. The summed E-state index contributed by atoms with van der Waals surface area (Å²) in [6.07, 6.45) is 6.71. The van der Waals surface area contributed by atoms with Gasteiger partial charge in [-0.15, -0.1) is 0 Å². The molecule has 6 heteroatoms. The molecule has 6 nitrogen and oxygen atoms in total. The Morgan fingerprint density at radius 1 is 1.24 bits per heavy atom. The van der Waals surface area contributed by atoms with E-state index in [2.05, 4.69) is 37.0 Å². The second kappa shape index (κ2) is 6.72. The molecule has 0 amide bonds. The summed E-state index contributed by atoms with van der Waals surface area (Å²) in [4.78, 5) is 23.6. The largest absolute Gasteiger partial charge is 0.341 e. The van der Waals surface area contributed by atoms with E-state index in [1.54, 1.807) is 0 Å². The Morgan fingerprint density at radius 2 is 2.16 bits per heavy atom. The maximum atomic E-state index is 4.70. The molecule has 3 aromatic rings. The number of nitrogens with zero attached hydrogens (tertiary/aromatic N) is 5. The van der Waals surface area contributed by atoms with Crippen molar-refractivity contribution in [1.29, 1.82) is 0 Å². The summed E-state index contributed by atoms with van der Waals surface area (Å²) < 4.78 is 0. The molecule has 1 aliphatic heterocycles. The number of rotatable bonds is 4. The fourth-order valence-electron chi connectivity index (χ4n) is 3.43. The highest BCUT2D eigenvalue weighted by molar-refractivity contribution is 5.50. The van der Waals surface area contributed by atoms with Gasteiger partial charge < -0.3 is 4.98 Å². The first-order valence-electron chi connectivity index (χ1n) is 8.66. The Balaban J connectivity index is 1.51. The molecule has 1 saturated heterocycles. The minimum Gasteiger partial charge on any atom is -0.341 e. The number of nitrogens with one attached hydrogen (secondary N) is 1. The zero-order valence-electron chi connectivity index (χ0n) is 14.6. The van der Waals surface area contributed by atoms with Crippen LogP contribution in [0.3, 0.4) is 0 Å². The van der Waals surface area contributed by atoms with E-state index in [1.807, 2.05) is 38.5 Å². The van der Waals surface area contributed by atoms with Crippen LogP contribution in [0.2, 0.25) is 0 Å². The van der Waals surface area contributed by atoms with Gasteiger partial charge in [0.25, 0.3) is 0 Å². The van der Waals surface area contributed by atoms with Crippen molar-refractivity contribution in [3.8, 4) is 11.5 Å².